The SMILES string of the molecule is NS(=O)(=O)OCc1cc(F)c(F)cc1F. The smallest absolute Gasteiger partial charge is 0.253 e. The van der Waals surface area contributed by atoms with Crippen molar-refractivity contribution in [2.45, 2.75) is 6.61 Å². The van der Waals surface area contributed by atoms with E-state index in [1.54, 1.807) is 0 Å². The van der Waals surface area contributed by atoms with Crippen molar-refractivity contribution < 1.29 is 25.8 Å². The molecule has 0 aliphatic rings. The molecule has 1 aromatic rings. The van der Waals surface area contributed by atoms with Crippen molar-refractivity contribution in [2.24, 2.45) is 5.14 Å². The summed E-state index contributed by atoms with van der Waals surface area (Å²) in [6, 6.07) is 0.785. The fraction of sp³-hybridized carbons (Fsp3) is 0.143. The molecule has 0 spiro atoms. The minimum Gasteiger partial charge on any atom is -0.253 e. The van der Waals surface area contributed by atoms with Gasteiger partial charge in [0.05, 0.1) is 6.61 Å². The minimum atomic E-state index is -4.24. The van der Waals surface area contributed by atoms with E-state index in [2.05, 4.69) is 9.32 Å². The van der Waals surface area contributed by atoms with E-state index in [9.17, 15) is 21.6 Å². The number of nitrogens with two attached hydrogens (primary N) is 1. The summed E-state index contributed by atoms with van der Waals surface area (Å²) in [6.45, 7) is -0.790. The monoisotopic (exact) mass is 241 g/mol. The molecule has 1 aromatic carbocycles. The van der Waals surface area contributed by atoms with Crippen molar-refractivity contribution in [1.29, 1.82) is 0 Å². The zero-order chi connectivity index (χ0) is 11.6. The number of hydrogen-bond donors (Lipinski definition) is 1. The maximum absolute atomic E-state index is 12.9. The average molecular weight is 241 g/mol. The van der Waals surface area contributed by atoms with Crippen LogP contribution in [0.4, 0.5) is 13.2 Å². The van der Waals surface area contributed by atoms with Crippen molar-refractivity contribution in [2.75, 3.05) is 0 Å². The summed E-state index contributed by atoms with van der Waals surface area (Å²) in [7, 11) is -4.24. The van der Waals surface area contributed by atoms with E-state index in [1.165, 1.54) is 0 Å². The molecule has 0 fully saturated rings. The van der Waals surface area contributed by atoms with Gasteiger partial charge in [0.25, 0.3) is 0 Å². The first-order valence-corrected chi connectivity index (χ1v) is 5.07. The van der Waals surface area contributed by atoms with Gasteiger partial charge >= 0.3 is 10.3 Å². The van der Waals surface area contributed by atoms with Crippen molar-refractivity contribution >= 4 is 10.3 Å². The highest BCUT2D eigenvalue weighted by atomic mass is 32.2. The number of halogens is 3. The van der Waals surface area contributed by atoms with E-state index in [1.807, 2.05) is 0 Å². The van der Waals surface area contributed by atoms with Crippen LogP contribution in [0.5, 0.6) is 0 Å². The summed E-state index contributed by atoms with van der Waals surface area (Å²) < 4.78 is 62.6. The van der Waals surface area contributed by atoms with Crippen molar-refractivity contribution in [3.63, 3.8) is 0 Å². The Hall–Kier alpha value is -1.12. The molecule has 0 saturated carbocycles. The molecule has 0 aromatic heterocycles. The van der Waals surface area contributed by atoms with Gasteiger partial charge in [-0.2, -0.15) is 8.42 Å². The Labute approximate surface area is 83.7 Å². The molecule has 15 heavy (non-hydrogen) atoms. The molecule has 2 N–H and O–H groups in total. The van der Waals surface area contributed by atoms with Crippen LogP contribution in [0.15, 0.2) is 12.1 Å². The van der Waals surface area contributed by atoms with Gasteiger partial charge in [-0.1, -0.05) is 0 Å². The highest BCUT2D eigenvalue weighted by Gasteiger charge is 2.12. The summed E-state index contributed by atoms with van der Waals surface area (Å²) in [5, 5.41) is 4.46. The molecule has 0 atom stereocenters. The lowest BCUT2D eigenvalue weighted by atomic mass is 10.2. The van der Waals surface area contributed by atoms with Crippen LogP contribution in [-0.4, -0.2) is 8.42 Å². The van der Waals surface area contributed by atoms with Gasteiger partial charge in [-0.25, -0.2) is 18.3 Å². The molecule has 8 heteroatoms. The zero-order valence-corrected chi connectivity index (χ0v) is 8.02. The Kier molecular flexibility index (Phi) is 3.32. The van der Waals surface area contributed by atoms with E-state index in [-0.39, 0.29) is 6.07 Å². The number of rotatable bonds is 3. The fourth-order valence-electron chi connectivity index (χ4n) is 0.820. The molecular weight excluding hydrogens is 235 g/mol. The lowest BCUT2D eigenvalue weighted by molar-refractivity contribution is 0.301. The molecule has 84 valence electrons. The third-order valence-electron chi connectivity index (χ3n) is 1.47. The Morgan fingerprint density at radius 2 is 1.67 bits per heavy atom. The molecule has 4 nitrogen and oxygen atoms in total. The highest BCUT2D eigenvalue weighted by Crippen LogP contribution is 2.14. The lowest BCUT2D eigenvalue weighted by Gasteiger charge is -2.03. The van der Waals surface area contributed by atoms with Gasteiger partial charge in [-0.3, -0.25) is 4.18 Å². The van der Waals surface area contributed by atoms with Crippen molar-refractivity contribution in [3.8, 4) is 0 Å². The van der Waals surface area contributed by atoms with E-state index < -0.39 is 39.9 Å². The first-order valence-electron chi connectivity index (χ1n) is 3.60. The van der Waals surface area contributed by atoms with Gasteiger partial charge in [-0.15, -0.1) is 0 Å². The summed E-state index contributed by atoms with van der Waals surface area (Å²) in [6.07, 6.45) is 0. The van der Waals surface area contributed by atoms with Gasteiger partial charge in [-0.05, 0) is 6.07 Å². The van der Waals surface area contributed by atoms with Crippen LogP contribution in [0.1, 0.15) is 5.56 Å². The molecular formula is C7H6F3NO3S. The largest absolute Gasteiger partial charge is 0.333 e. The van der Waals surface area contributed by atoms with Gasteiger partial charge in [0.1, 0.15) is 5.82 Å². The Bertz CT molecular complexity index is 475. The first-order chi connectivity index (χ1) is 6.79. The Morgan fingerprint density at radius 1 is 1.13 bits per heavy atom. The third-order valence-corrected chi connectivity index (χ3v) is 1.91. The second kappa shape index (κ2) is 4.17. The van der Waals surface area contributed by atoms with Crippen LogP contribution in [0.25, 0.3) is 0 Å². The summed E-state index contributed by atoms with van der Waals surface area (Å²) in [5.74, 6) is -3.78. The molecule has 1 rings (SSSR count). The lowest BCUT2D eigenvalue weighted by Crippen LogP contribution is -2.16. The summed E-state index contributed by atoms with van der Waals surface area (Å²) in [5.41, 5.74) is -0.442. The summed E-state index contributed by atoms with van der Waals surface area (Å²) >= 11 is 0. The third kappa shape index (κ3) is 3.50. The van der Waals surface area contributed by atoms with E-state index in [0.717, 1.165) is 0 Å². The molecule has 0 aliphatic carbocycles. The fourth-order valence-corrected chi connectivity index (χ4v) is 1.11. The molecule has 0 bridgehead atoms. The molecule has 0 unspecified atom stereocenters. The highest BCUT2D eigenvalue weighted by molar-refractivity contribution is 7.84. The standard InChI is InChI=1S/C7H6F3NO3S/c8-5-2-7(10)6(9)1-4(5)3-14-15(11,12)13/h1-2H,3H2,(H2,11,12,13). The van der Waals surface area contributed by atoms with Crippen LogP contribution < -0.4 is 5.14 Å². The van der Waals surface area contributed by atoms with E-state index in [0.29, 0.717) is 6.07 Å². The van der Waals surface area contributed by atoms with E-state index >= 15 is 0 Å². The Balaban J connectivity index is 2.91. The van der Waals surface area contributed by atoms with Crippen LogP contribution in [0.3, 0.4) is 0 Å². The van der Waals surface area contributed by atoms with Gasteiger partial charge in [0, 0.05) is 11.6 Å². The van der Waals surface area contributed by atoms with Gasteiger partial charge in [0.15, 0.2) is 11.6 Å². The maximum Gasteiger partial charge on any atom is 0.333 e. The van der Waals surface area contributed by atoms with Crippen molar-refractivity contribution in [1.82, 2.24) is 0 Å². The number of hydrogen-bond acceptors (Lipinski definition) is 3. The Morgan fingerprint density at radius 3 is 2.20 bits per heavy atom. The van der Waals surface area contributed by atoms with E-state index in [4.69, 9.17) is 0 Å². The maximum atomic E-state index is 12.9. The van der Waals surface area contributed by atoms with Crippen LogP contribution >= 0.6 is 0 Å². The predicted octanol–water partition coefficient (Wildman–Crippen LogP) is 0.824. The second-order valence-corrected chi connectivity index (χ2v) is 3.83. The molecule has 0 aliphatic heterocycles. The first kappa shape index (κ1) is 12.0. The van der Waals surface area contributed by atoms with Crippen LogP contribution in [-0.2, 0) is 21.1 Å². The zero-order valence-electron chi connectivity index (χ0n) is 7.21. The van der Waals surface area contributed by atoms with Crippen LogP contribution in [0, 0.1) is 17.5 Å². The predicted molar refractivity (Wildman–Crippen MR) is 44.2 cm³/mol. The molecule has 0 heterocycles. The number of benzene rings is 1. The van der Waals surface area contributed by atoms with Crippen LogP contribution in [0.2, 0.25) is 0 Å². The minimum absolute atomic E-state index is 0.289. The topological polar surface area (TPSA) is 69.4 Å². The van der Waals surface area contributed by atoms with Crippen molar-refractivity contribution in [3.05, 3.63) is 35.1 Å². The summed E-state index contributed by atoms with van der Waals surface area (Å²) in [4.78, 5) is 0. The van der Waals surface area contributed by atoms with Gasteiger partial charge < -0.3 is 0 Å². The quantitative estimate of drug-likeness (QED) is 0.796. The molecule has 0 radical (unpaired) electrons. The normalized spacial score (nSPS) is 11.7. The van der Waals surface area contributed by atoms with Gasteiger partial charge in [0.2, 0.25) is 0 Å². The second-order valence-electron chi connectivity index (χ2n) is 2.61. The molecule has 0 saturated heterocycles. The molecule has 0 amide bonds. The average Bonchev–Trinajstić information content (AvgIpc) is 2.07.